The molecule has 0 aliphatic rings. The lowest BCUT2D eigenvalue weighted by Crippen LogP contribution is -2.16. The Morgan fingerprint density at radius 2 is 2.16 bits per heavy atom. The Hall–Kier alpha value is -1.85. The van der Waals surface area contributed by atoms with Crippen LogP contribution >= 0.6 is 11.6 Å². The van der Waals surface area contributed by atoms with E-state index in [2.05, 4.69) is 9.97 Å². The van der Waals surface area contributed by atoms with Gasteiger partial charge in [-0.3, -0.25) is 4.79 Å². The fraction of sp³-hybridized carbons (Fsp3) is 0.231. The molecule has 5 nitrogen and oxygen atoms in total. The molecule has 0 aliphatic carbocycles. The van der Waals surface area contributed by atoms with Crippen LogP contribution in [0.25, 0.3) is 0 Å². The number of nitrogens with two attached hydrogens (primary N) is 1. The molecule has 0 atom stereocenters. The van der Waals surface area contributed by atoms with Crippen LogP contribution in [0.2, 0.25) is 5.02 Å². The molecule has 1 aromatic carbocycles. The number of aromatic nitrogens is 2. The number of rotatable bonds is 5. The molecule has 1 heterocycles. The molecule has 0 fully saturated rings. The van der Waals surface area contributed by atoms with Crippen molar-refractivity contribution in [2.24, 2.45) is 5.73 Å². The number of halogens is 1. The second kappa shape index (κ2) is 6.36. The van der Waals surface area contributed by atoms with Gasteiger partial charge in [0.1, 0.15) is 11.6 Å². The van der Waals surface area contributed by atoms with Gasteiger partial charge in [-0.25, -0.2) is 4.98 Å². The molecule has 0 radical (unpaired) electrons. The average Bonchev–Trinajstić information content (AvgIpc) is 2.40. The first-order valence-electron chi connectivity index (χ1n) is 5.85. The molecular weight excluding hydrogens is 266 g/mol. The van der Waals surface area contributed by atoms with Crippen molar-refractivity contribution >= 4 is 11.6 Å². The van der Waals surface area contributed by atoms with Gasteiger partial charge in [0.2, 0.25) is 0 Å². The van der Waals surface area contributed by atoms with Crippen LogP contribution in [0.3, 0.4) is 0 Å². The van der Waals surface area contributed by atoms with Gasteiger partial charge >= 0.3 is 0 Å². The van der Waals surface area contributed by atoms with Gasteiger partial charge < -0.3 is 15.5 Å². The van der Waals surface area contributed by atoms with E-state index >= 15 is 0 Å². The van der Waals surface area contributed by atoms with Crippen LogP contribution in [0.1, 0.15) is 11.5 Å². The van der Waals surface area contributed by atoms with E-state index < -0.39 is 0 Å². The molecule has 6 heteroatoms. The average molecular weight is 280 g/mol. The third kappa shape index (κ3) is 3.81. The number of hydrogen-bond acceptors (Lipinski definition) is 4. The molecule has 19 heavy (non-hydrogen) atoms. The number of aromatic amines is 1. The highest BCUT2D eigenvalue weighted by Gasteiger charge is 2.03. The Balaban J connectivity index is 1.98. The van der Waals surface area contributed by atoms with Gasteiger partial charge in [0, 0.05) is 19.0 Å². The van der Waals surface area contributed by atoms with E-state index in [1.807, 2.05) is 12.1 Å². The van der Waals surface area contributed by atoms with Crippen LogP contribution in [-0.4, -0.2) is 16.6 Å². The smallest absolute Gasteiger partial charge is 0.251 e. The zero-order valence-corrected chi connectivity index (χ0v) is 11.0. The van der Waals surface area contributed by atoms with Crippen molar-refractivity contribution in [1.29, 1.82) is 0 Å². The highest BCUT2D eigenvalue weighted by Crippen LogP contribution is 2.22. The Labute approximate surface area is 115 Å². The summed E-state index contributed by atoms with van der Waals surface area (Å²) in [5.74, 6) is 1.17. The van der Waals surface area contributed by atoms with E-state index in [0.717, 1.165) is 0 Å². The highest BCUT2D eigenvalue weighted by atomic mass is 35.5. The van der Waals surface area contributed by atoms with Crippen molar-refractivity contribution < 1.29 is 4.74 Å². The molecule has 0 aliphatic heterocycles. The summed E-state index contributed by atoms with van der Waals surface area (Å²) in [6.45, 7) is 0.614. The lowest BCUT2D eigenvalue weighted by Gasteiger charge is -2.07. The standard InChI is InChI=1S/C13H14ClN3O2/c14-10-3-1-2-4-11(10)19-6-5-12-16-9(8-15)7-13(18)17-12/h1-4,7H,5-6,8,15H2,(H,16,17,18). The molecule has 0 saturated carbocycles. The van der Waals surface area contributed by atoms with Gasteiger partial charge in [-0.05, 0) is 12.1 Å². The fourth-order valence-corrected chi connectivity index (χ4v) is 1.80. The Bertz CT molecular complexity index is 613. The summed E-state index contributed by atoms with van der Waals surface area (Å²) in [6.07, 6.45) is 0.480. The number of nitrogens with zero attached hydrogens (tertiary/aromatic N) is 1. The third-order valence-electron chi connectivity index (χ3n) is 2.49. The van der Waals surface area contributed by atoms with Gasteiger partial charge in [-0.2, -0.15) is 0 Å². The number of ether oxygens (including phenoxy) is 1. The normalized spacial score (nSPS) is 10.4. The van der Waals surface area contributed by atoms with E-state index in [1.165, 1.54) is 6.07 Å². The first-order chi connectivity index (χ1) is 9.19. The van der Waals surface area contributed by atoms with Crippen LogP contribution in [0.15, 0.2) is 35.1 Å². The third-order valence-corrected chi connectivity index (χ3v) is 2.80. The second-order valence-corrected chi connectivity index (χ2v) is 4.32. The first-order valence-corrected chi connectivity index (χ1v) is 6.23. The van der Waals surface area contributed by atoms with E-state index in [-0.39, 0.29) is 12.1 Å². The van der Waals surface area contributed by atoms with E-state index in [9.17, 15) is 4.79 Å². The summed E-state index contributed by atoms with van der Waals surface area (Å²) in [6, 6.07) is 8.61. The number of H-pyrrole nitrogens is 1. The van der Waals surface area contributed by atoms with Gasteiger partial charge in [0.05, 0.1) is 17.3 Å². The zero-order chi connectivity index (χ0) is 13.7. The molecule has 0 spiro atoms. The molecule has 0 saturated heterocycles. The first kappa shape index (κ1) is 13.6. The topological polar surface area (TPSA) is 81.0 Å². The van der Waals surface area contributed by atoms with Gasteiger partial charge in [0.25, 0.3) is 5.56 Å². The fourth-order valence-electron chi connectivity index (χ4n) is 1.61. The molecular formula is C13H14ClN3O2. The SMILES string of the molecule is NCc1cc(=O)[nH]c(CCOc2ccccc2Cl)n1. The van der Waals surface area contributed by atoms with Gasteiger partial charge in [0.15, 0.2) is 0 Å². The zero-order valence-electron chi connectivity index (χ0n) is 10.2. The number of para-hydroxylation sites is 1. The van der Waals surface area contributed by atoms with E-state index in [0.29, 0.717) is 35.3 Å². The van der Waals surface area contributed by atoms with Crippen molar-refractivity contribution in [3.63, 3.8) is 0 Å². The largest absolute Gasteiger partial charge is 0.492 e. The summed E-state index contributed by atoms with van der Waals surface area (Å²) < 4.78 is 5.53. The molecule has 100 valence electrons. The van der Waals surface area contributed by atoms with Crippen LogP contribution in [0.4, 0.5) is 0 Å². The minimum atomic E-state index is -0.205. The molecule has 0 amide bonds. The molecule has 0 bridgehead atoms. The van der Waals surface area contributed by atoms with Crippen molar-refractivity contribution in [1.82, 2.24) is 9.97 Å². The molecule has 0 unspecified atom stereocenters. The maximum Gasteiger partial charge on any atom is 0.251 e. The quantitative estimate of drug-likeness (QED) is 0.869. The molecule has 2 rings (SSSR count). The minimum absolute atomic E-state index is 0.205. The van der Waals surface area contributed by atoms with Crippen LogP contribution < -0.4 is 16.0 Å². The van der Waals surface area contributed by atoms with Gasteiger partial charge in [-0.15, -0.1) is 0 Å². The number of benzene rings is 1. The lowest BCUT2D eigenvalue weighted by atomic mass is 10.3. The van der Waals surface area contributed by atoms with Crippen LogP contribution in [0.5, 0.6) is 5.75 Å². The van der Waals surface area contributed by atoms with E-state index in [4.69, 9.17) is 22.1 Å². The Kier molecular flexibility index (Phi) is 4.54. The van der Waals surface area contributed by atoms with Crippen LogP contribution in [0, 0.1) is 0 Å². The van der Waals surface area contributed by atoms with Gasteiger partial charge in [-0.1, -0.05) is 23.7 Å². The van der Waals surface area contributed by atoms with Crippen molar-refractivity contribution in [2.45, 2.75) is 13.0 Å². The molecule has 2 aromatic rings. The predicted octanol–water partition coefficient (Wildman–Crippen LogP) is 1.50. The minimum Gasteiger partial charge on any atom is -0.492 e. The van der Waals surface area contributed by atoms with Crippen LogP contribution in [-0.2, 0) is 13.0 Å². The monoisotopic (exact) mass is 279 g/mol. The van der Waals surface area contributed by atoms with Crippen molar-refractivity contribution in [2.75, 3.05) is 6.61 Å². The van der Waals surface area contributed by atoms with Crippen molar-refractivity contribution in [3.8, 4) is 5.75 Å². The summed E-state index contributed by atoms with van der Waals surface area (Å²) in [5.41, 5.74) is 5.82. The highest BCUT2D eigenvalue weighted by molar-refractivity contribution is 6.32. The van der Waals surface area contributed by atoms with E-state index in [1.54, 1.807) is 12.1 Å². The van der Waals surface area contributed by atoms with Crippen molar-refractivity contribution in [3.05, 3.63) is 57.2 Å². The maximum absolute atomic E-state index is 11.3. The summed E-state index contributed by atoms with van der Waals surface area (Å²) in [7, 11) is 0. The summed E-state index contributed by atoms with van der Waals surface area (Å²) in [4.78, 5) is 18.2. The molecule has 1 aromatic heterocycles. The lowest BCUT2D eigenvalue weighted by molar-refractivity contribution is 0.319. The Morgan fingerprint density at radius 1 is 1.37 bits per heavy atom. The molecule has 3 N–H and O–H groups in total. The summed E-state index contributed by atoms with van der Waals surface area (Å²) >= 11 is 5.96. The second-order valence-electron chi connectivity index (χ2n) is 3.92. The maximum atomic E-state index is 11.3. The Morgan fingerprint density at radius 3 is 2.89 bits per heavy atom. The number of nitrogens with one attached hydrogen (secondary N) is 1. The predicted molar refractivity (Wildman–Crippen MR) is 73.4 cm³/mol. The number of hydrogen-bond donors (Lipinski definition) is 2. The summed E-state index contributed by atoms with van der Waals surface area (Å²) in [5, 5.41) is 0.555.